The van der Waals surface area contributed by atoms with Crippen LogP contribution in [0, 0.1) is 6.92 Å². The molecular formula is C16H10N2O3. The van der Waals surface area contributed by atoms with E-state index in [1.165, 1.54) is 24.3 Å². The van der Waals surface area contributed by atoms with Gasteiger partial charge in [0, 0.05) is 0 Å². The van der Waals surface area contributed by atoms with Crippen LogP contribution in [0.15, 0.2) is 47.5 Å². The Bertz CT molecular complexity index is 803. The minimum atomic E-state index is -0.415. The molecule has 2 aromatic rings. The van der Waals surface area contributed by atoms with Crippen LogP contribution in [0.4, 0.5) is 11.4 Å². The van der Waals surface area contributed by atoms with E-state index in [9.17, 15) is 14.4 Å². The number of rotatable bonds is 2. The van der Waals surface area contributed by atoms with Gasteiger partial charge in [-0.3, -0.25) is 9.59 Å². The first-order valence-electron chi connectivity index (χ1n) is 6.29. The number of aliphatic imine (C=N–C) groups is 1. The molecular weight excluding hydrogens is 268 g/mol. The molecule has 3 rings (SSSR count). The van der Waals surface area contributed by atoms with Crippen LogP contribution >= 0.6 is 0 Å². The lowest BCUT2D eigenvalue weighted by Crippen LogP contribution is -2.29. The van der Waals surface area contributed by atoms with E-state index in [0.717, 1.165) is 10.5 Å². The molecule has 5 heteroatoms. The Morgan fingerprint density at radius 1 is 0.952 bits per heavy atom. The molecule has 1 aliphatic heterocycles. The number of carbonyl (C=O) groups is 2. The Balaban J connectivity index is 2.08. The highest BCUT2D eigenvalue weighted by atomic mass is 16.2. The molecule has 0 saturated carbocycles. The molecule has 0 aliphatic carbocycles. The van der Waals surface area contributed by atoms with Crippen LogP contribution < -0.4 is 4.90 Å². The third-order valence-corrected chi connectivity index (χ3v) is 3.34. The molecule has 0 radical (unpaired) electrons. The van der Waals surface area contributed by atoms with Gasteiger partial charge in [0.25, 0.3) is 11.8 Å². The number of fused-ring (bicyclic) bond motifs is 1. The minimum Gasteiger partial charge on any atom is -0.268 e. The van der Waals surface area contributed by atoms with Crippen LogP contribution in [0.2, 0.25) is 0 Å². The molecule has 0 aromatic heterocycles. The van der Waals surface area contributed by atoms with Crippen molar-refractivity contribution in [3.63, 3.8) is 0 Å². The van der Waals surface area contributed by atoms with E-state index in [1.54, 1.807) is 12.1 Å². The summed E-state index contributed by atoms with van der Waals surface area (Å²) < 4.78 is 0. The molecule has 0 fully saturated rings. The topological polar surface area (TPSA) is 66.8 Å². The third-order valence-electron chi connectivity index (χ3n) is 3.34. The van der Waals surface area contributed by atoms with Crippen molar-refractivity contribution in [2.75, 3.05) is 4.90 Å². The molecule has 2 aromatic carbocycles. The molecule has 0 saturated heterocycles. The highest BCUT2D eigenvalue weighted by Crippen LogP contribution is 2.30. The van der Waals surface area contributed by atoms with Crippen LogP contribution in [-0.4, -0.2) is 17.9 Å². The zero-order valence-electron chi connectivity index (χ0n) is 11.2. The van der Waals surface area contributed by atoms with E-state index in [2.05, 4.69) is 4.99 Å². The average molecular weight is 278 g/mol. The normalized spacial score (nSPS) is 13.1. The Morgan fingerprint density at radius 3 is 2.29 bits per heavy atom. The van der Waals surface area contributed by atoms with Crippen molar-refractivity contribution in [1.29, 1.82) is 0 Å². The molecule has 2 amide bonds. The van der Waals surface area contributed by atoms with E-state index < -0.39 is 5.91 Å². The maximum Gasteiger partial charge on any atom is 0.266 e. The fourth-order valence-corrected chi connectivity index (χ4v) is 2.28. The number of amides is 2. The predicted octanol–water partition coefficient (Wildman–Crippen LogP) is 2.76. The van der Waals surface area contributed by atoms with Crippen molar-refractivity contribution < 1.29 is 14.4 Å². The first-order chi connectivity index (χ1) is 10.1. The first kappa shape index (κ1) is 13.0. The van der Waals surface area contributed by atoms with Crippen LogP contribution in [-0.2, 0) is 4.79 Å². The SMILES string of the molecule is Cc1ccc(N2C(=O)c3ccc(N=C=O)cc3C2=O)cc1. The summed E-state index contributed by atoms with van der Waals surface area (Å²) in [6.07, 6.45) is 1.42. The van der Waals surface area contributed by atoms with Crippen molar-refractivity contribution in [3.05, 3.63) is 59.2 Å². The summed E-state index contributed by atoms with van der Waals surface area (Å²) in [5.74, 6) is -0.790. The molecule has 1 heterocycles. The average Bonchev–Trinajstić information content (AvgIpc) is 2.72. The third kappa shape index (κ3) is 2.06. The van der Waals surface area contributed by atoms with Crippen LogP contribution in [0.5, 0.6) is 0 Å². The Hall–Kier alpha value is -3.04. The standard InChI is InChI=1S/C16H10N2O3/c1-10-2-5-12(6-3-10)18-15(20)13-7-4-11(17-9-19)8-14(13)16(18)21/h2-8H,1H3. The molecule has 1 aliphatic rings. The second kappa shape index (κ2) is 4.81. The number of benzene rings is 2. The zero-order chi connectivity index (χ0) is 15.0. The van der Waals surface area contributed by atoms with Crippen LogP contribution in [0.1, 0.15) is 26.3 Å². The number of anilines is 1. The summed E-state index contributed by atoms with van der Waals surface area (Å²) in [4.78, 5) is 39.6. The van der Waals surface area contributed by atoms with E-state index in [1.807, 2.05) is 19.1 Å². The Kier molecular flexibility index (Phi) is 2.97. The zero-order valence-corrected chi connectivity index (χ0v) is 11.2. The van der Waals surface area contributed by atoms with Gasteiger partial charge in [-0.25, -0.2) is 9.69 Å². The summed E-state index contributed by atoms with van der Waals surface area (Å²) in [7, 11) is 0. The summed E-state index contributed by atoms with van der Waals surface area (Å²) in [6, 6.07) is 11.5. The lowest BCUT2D eigenvalue weighted by molar-refractivity contribution is 0.0926. The number of carbonyl (C=O) groups excluding carboxylic acids is 3. The molecule has 102 valence electrons. The number of imide groups is 1. The molecule has 0 spiro atoms. The van der Waals surface area contributed by atoms with Gasteiger partial charge in [-0.15, -0.1) is 0 Å². The summed E-state index contributed by atoms with van der Waals surface area (Å²) in [6.45, 7) is 1.93. The monoisotopic (exact) mass is 278 g/mol. The van der Waals surface area contributed by atoms with Gasteiger partial charge >= 0.3 is 0 Å². The van der Waals surface area contributed by atoms with Crippen molar-refractivity contribution >= 4 is 29.3 Å². The summed E-state index contributed by atoms with van der Waals surface area (Å²) in [5.41, 5.74) is 2.42. The maximum absolute atomic E-state index is 12.4. The minimum absolute atomic E-state index is 0.247. The molecule has 0 N–H and O–H groups in total. The van der Waals surface area contributed by atoms with Gasteiger partial charge in [0.1, 0.15) is 0 Å². The predicted molar refractivity (Wildman–Crippen MR) is 76.5 cm³/mol. The number of aryl methyl sites for hydroxylation is 1. The first-order valence-corrected chi connectivity index (χ1v) is 6.29. The maximum atomic E-state index is 12.4. The van der Waals surface area contributed by atoms with Crippen molar-refractivity contribution in [2.24, 2.45) is 4.99 Å². The van der Waals surface area contributed by atoms with Crippen LogP contribution in [0.3, 0.4) is 0 Å². The molecule has 21 heavy (non-hydrogen) atoms. The highest BCUT2D eigenvalue weighted by molar-refractivity contribution is 6.34. The second-order valence-corrected chi connectivity index (χ2v) is 4.71. The van der Waals surface area contributed by atoms with Crippen molar-refractivity contribution in [1.82, 2.24) is 0 Å². The number of nitrogens with zero attached hydrogens (tertiary/aromatic N) is 2. The lowest BCUT2D eigenvalue weighted by Gasteiger charge is -2.13. The number of isocyanates is 1. The smallest absolute Gasteiger partial charge is 0.266 e. The van der Waals surface area contributed by atoms with Crippen molar-refractivity contribution in [2.45, 2.75) is 6.92 Å². The van der Waals surface area contributed by atoms with Gasteiger partial charge in [0.15, 0.2) is 0 Å². The van der Waals surface area contributed by atoms with E-state index in [0.29, 0.717) is 16.9 Å². The summed E-state index contributed by atoms with van der Waals surface area (Å²) in [5, 5.41) is 0. The van der Waals surface area contributed by atoms with Gasteiger partial charge < -0.3 is 0 Å². The van der Waals surface area contributed by atoms with E-state index >= 15 is 0 Å². The molecule has 0 atom stereocenters. The fraction of sp³-hybridized carbons (Fsp3) is 0.0625. The van der Waals surface area contributed by atoms with Gasteiger partial charge in [-0.1, -0.05) is 17.7 Å². The molecule has 5 nitrogen and oxygen atoms in total. The Morgan fingerprint density at radius 2 is 1.62 bits per heavy atom. The second-order valence-electron chi connectivity index (χ2n) is 4.71. The van der Waals surface area contributed by atoms with Gasteiger partial charge in [-0.05, 0) is 37.3 Å². The van der Waals surface area contributed by atoms with E-state index in [4.69, 9.17) is 0 Å². The van der Waals surface area contributed by atoms with Crippen LogP contribution in [0.25, 0.3) is 0 Å². The van der Waals surface area contributed by atoms with Gasteiger partial charge in [0.2, 0.25) is 6.08 Å². The highest BCUT2D eigenvalue weighted by Gasteiger charge is 2.36. The largest absolute Gasteiger partial charge is 0.268 e. The molecule has 0 bridgehead atoms. The van der Waals surface area contributed by atoms with Gasteiger partial charge in [-0.2, -0.15) is 4.99 Å². The number of hydrogen-bond donors (Lipinski definition) is 0. The fourth-order valence-electron chi connectivity index (χ4n) is 2.28. The summed E-state index contributed by atoms with van der Waals surface area (Å²) >= 11 is 0. The lowest BCUT2D eigenvalue weighted by atomic mass is 10.1. The van der Waals surface area contributed by atoms with Gasteiger partial charge in [0.05, 0.1) is 22.5 Å². The Labute approximate surface area is 120 Å². The quantitative estimate of drug-likeness (QED) is 0.482. The van der Waals surface area contributed by atoms with E-state index in [-0.39, 0.29) is 11.5 Å². The number of hydrogen-bond acceptors (Lipinski definition) is 4. The van der Waals surface area contributed by atoms with Crippen molar-refractivity contribution in [3.8, 4) is 0 Å². The molecule has 0 unspecified atom stereocenters.